The van der Waals surface area contributed by atoms with E-state index in [2.05, 4.69) is 5.32 Å². The Hall–Kier alpha value is -1.42. The van der Waals surface area contributed by atoms with Crippen molar-refractivity contribution in [3.63, 3.8) is 0 Å². The normalized spacial score (nSPS) is 21.3. The number of benzene rings is 1. The quantitative estimate of drug-likeness (QED) is 0.767. The molecule has 1 aromatic carbocycles. The number of ether oxygens (including phenoxy) is 2. The van der Waals surface area contributed by atoms with E-state index in [0.717, 1.165) is 30.2 Å². The zero-order valence-corrected chi connectivity index (χ0v) is 8.32. The largest absolute Gasteiger partial charge is 0.454 e. The molecule has 0 saturated carbocycles. The highest BCUT2D eigenvalue weighted by atomic mass is 16.7. The molecule has 0 fully saturated rings. The molecule has 4 nitrogen and oxygen atoms in total. The Morgan fingerprint density at radius 2 is 2.13 bits per heavy atom. The summed E-state index contributed by atoms with van der Waals surface area (Å²) in [5.74, 6) is 2.02. The molecule has 0 bridgehead atoms. The molecule has 2 N–H and O–H groups in total. The maximum Gasteiger partial charge on any atom is 0.231 e. The van der Waals surface area contributed by atoms with E-state index in [9.17, 15) is 0 Å². The minimum absolute atomic E-state index is 0.222. The maximum absolute atomic E-state index is 8.96. The summed E-state index contributed by atoms with van der Waals surface area (Å²) in [6.07, 6.45) is 0.791. The fourth-order valence-electron chi connectivity index (χ4n) is 2.21. The Morgan fingerprint density at radius 3 is 2.93 bits per heavy atom. The fraction of sp³-hybridized carbons (Fsp3) is 0.455. The van der Waals surface area contributed by atoms with Crippen molar-refractivity contribution in [1.29, 1.82) is 0 Å². The number of hydrogen-bond acceptors (Lipinski definition) is 4. The molecule has 1 unspecified atom stereocenters. The van der Waals surface area contributed by atoms with E-state index in [4.69, 9.17) is 14.6 Å². The first kappa shape index (κ1) is 8.85. The van der Waals surface area contributed by atoms with Crippen molar-refractivity contribution in [2.75, 3.05) is 25.3 Å². The predicted molar refractivity (Wildman–Crippen MR) is 55.5 cm³/mol. The lowest BCUT2D eigenvalue weighted by molar-refractivity contribution is 0.174. The monoisotopic (exact) mass is 207 g/mol. The standard InChI is InChI=1S/C11H13NO3/c13-2-1-7-5-12-9-4-11-10(3-8(7)9)14-6-15-11/h3-4,7,12-13H,1-2,5-6H2. The lowest BCUT2D eigenvalue weighted by Gasteiger charge is -2.08. The molecule has 2 heterocycles. The molecule has 4 heteroatoms. The molecule has 0 radical (unpaired) electrons. The first-order chi connectivity index (χ1) is 7.38. The Morgan fingerprint density at radius 1 is 1.33 bits per heavy atom. The van der Waals surface area contributed by atoms with Crippen LogP contribution in [0.2, 0.25) is 0 Å². The van der Waals surface area contributed by atoms with Gasteiger partial charge in [0.05, 0.1) is 0 Å². The fourth-order valence-corrected chi connectivity index (χ4v) is 2.21. The summed E-state index contributed by atoms with van der Waals surface area (Å²) in [4.78, 5) is 0. The van der Waals surface area contributed by atoms with Crippen LogP contribution in [0.25, 0.3) is 0 Å². The molecule has 0 spiro atoms. The van der Waals surface area contributed by atoms with Crippen molar-refractivity contribution in [2.24, 2.45) is 0 Å². The van der Waals surface area contributed by atoms with Crippen molar-refractivity contribution >= 4 is 5.69 Å². The van der Waals surface area contributed by atoms with Crippen molar-refractivity contribution in [3.05, 3.63) is 17.7 Å². The van der Waals surface area contributed by atoms with Gasteiger partial charge in [-0.2, -0.15) is 0 Å². The van der Waals surface area contributed by atoms with E-state index < -0.39 is 0 Å². The second-order valence-corrected chi connectivity index (χ2v) is 3.88. The summed E-state index contributed by atoms with van der Waals surface area (Å²) in [7, 11) is 0. The zero-order chi connectivity index (χ0) is 10.3. The molecule has 80 valence electrons. The highest BCUT2D eigenvalue weighted by Crippen LogP contribution is 2.43. The highest BCUT2D eigenvalue weighted by Gasteiger charge is 2.26. The SMILES string of the molecule is OCCC1CNc2cc3c(cc21)OCO3. The number of hydrogen-bond donors (Lipinski definition) is 2. The maximum atomic E-state index is 8.96. The van der Waals surface area contributed by atoms with Crippen LogP contribution in [-0.2, 0) is 0 Å². The molecule has 3 rings (SSSR count). The van der Waals surface area contributed by atoms with Gasteiger partial charge in [0.1, 0.15) is 0 Å². The van der Waals surface area contributed by atoms with Gasteiger partial charge in [-0.15, -0.1) is 0 Å². The molecule has 0 amide bonds. The van der Waals surface area contributed by atoms with Gasteiger partial charge in [0, 0.05) is 30.8 Å². The van der Waals surface area contributed by atoms with Crippen molar-refractivity contribution in [3.8, 4) is 11.5 Å². The molecule has 0 aromatic heterocycles. The van der Waals surface area contributed by atoms with Gasteiger partial charge in [0.15, 0.2) is 11.5 Å². The molecule has 0 saturated heterocycles. The van der Waals surface area contributed by atoms with Crippen LogP contribution in [0.3, 0.4) is 0 Å². The van der Waals surface area contributed by atoms with E-state index in [1.54, 1.807) is 0 Å². The Labute approximate surface area is 87.8 Å². The van der Waals surface area contributed by atoms with Crippen LogP contribution in [-0.4, -0.2) is 25.1 Å². The van der Waals surface area contributed by atoms with Gasteiger partial charge in [-0.1, -0.05) is 0 Å². The van der Waals surface area contributed by atoms with Gasteiger partial charge >= 0.3 is 0 Å². The Balaban J connectivity index is 1.98. The number of aliphatic hydroxyl groups excluding tert-OH is 1. The van der Waals surface area contributed by atoms with Gasteiger partial charge in [0.2, 0.25) is 6.79 Å². The van der Waals surface area contributed by atoms with Crippen LogP contribution >= 0.6 is 0 Å². The van der Waals surface area contributed by atoms with Gasteiger partial charge in [-0.05, 0) is 18.1 Å². The lowest BCUT2D eigenvalue weighted by Crippen LogP contribution is -2.03. The van der Waals surface area contributed by atoms with Gasteiger partial charge in [-0.3, -0.25) is 0 Å². The molecular weight excluding hydrogens is 194 g/mol. The van der Waals surface area contributed by atoms with E-state index in [0.29, 0.717) is 12.7 Å². The van der Waals surface area contributed by atoms with Crippen molar-refractivity contribution < 1.29 is 14.6 Å². The molecule has 2 aliphatic rings. The number of rotatable bonds is 2. The van der Waals surface area contributed by atoms with E-state index >= 15 is 0 Å². The van der Waals surface area contributed by atoms with Crippen molar-refractivity contribution in [2.45, 2.75) is 12.3 Å². The zero-order valence-electron chi connectivity index (χ0n) is 8.32. The average Bonchev–Trinajstić information content (AvgIpc) is 2.82. The number of anilines is 1. The van der Waals surface area contributed by atoms with E-state index in [1.165, 1.54) is 5.56 Å². The van der Waals surface area contributed by atoms with Crippen LogP contribution in [0.15, 0.2) is 12.1 Å². The summed E-state index contributed by atoms with van der Waals surface area (Å²) in [5.41, 5.74) is 2.34. The highest BCUT2D eigenvalue weighted by molar-refractivity contribution is 5.65. The van der Waals surface area contributed by atoms with Crippen LogP contribution in [0, 0.1) is 0 Å². The lowest BCUT2D eigenvalue weighted by atomic mass is 9.98. The molecule has 1 aromatic rings. The summed E-state index contributed by atoms with van der Waals surface area (Å²) >= 11 is 0. The summed E-state index contributed by atoms with van der Waals surface area (Å²) < 4.78 is 10.6. The Kier molecular flexibility index (Phi) is 1.95. The third kappa shape index (κ3) is 1.33. The van der Waals surface area contributed by atoms with Gasteiger partial charge < -0.3 is 19.9 Å². The average molecular weight is 207 g/mol. The predicted octanol–water partition coefficient (Wildman–Crippen LogP) is 1.31. The van der Waals surface area contributed by atoms with E-state index in [1.807, 2.05) is 12.1 Å². The van der Waals surface area contributed by atoms with Crippen molar-refractivity contribution in [1.82, 2.24) is 0 Å². The molecule has 0 aliphatic carbocycles. The molecule has 15 heavy (non-hydrogen) atoms. The second kappa shape index (κ2) is 3.31. The van der Waals surface area contributed by atoms with Gasteiger partial charge in [-0.25, -0.2) is 0 Å². The van der Waals surface area contributed by atoms with Gasteiger partial charge in [0.25, 0.3) is 0 Å². The molecule has 2 aliphatic heterocycles. The first-order valence-corrected chi connectivity index (χ1v) is 5.17. The number of aliphatic hydroxyl groups is 1. The molecular formula is C11H13NO3. The van der Waals surface area contributed by atoms with Crippen LogP contribution in [0.5, 0.6) is 11.5 Å². The Bertz CT molecular complexity index is 392. The topological polar surface area (TPSA) is 50.7 Å². The number of nitrogens with one attached hydrogen (secondary N) is 1. The van der Waals surface area contributed by atoms with Crippen LogP contribution in [0.1, 0.15) is 17.9 Å². The van der Waals surface area contributed by atoms with Crippen LogP contribution in [0.4, 0.5) is 5.69 Å². The smallest absolute Gasteiger partial charge is 0.231 e. The summed E-state index contributed by atoms with van der Waals surface area (Å²) in [6.45, 7) is 1.42. The summed E-state index contributed by atoms with van der Waals surface area (Å²) in [5, 5.41) is 12.3. The third-order valence-electron chi connectivity index (χ3n) is 3.00. The third-order valence-corrected chi connectivity index (χ3v) is 3.00. The molecule has 1 atom stereocenters. The number of fused-ring (bicyclic) bond motifs is 2. The second-order valence-electron chi connectivity index (χ2n) is 3.88. The summed E-state index contributed by atoms with van der Waals surface area (Å²) in [6, 6.07) is 4.01. The minimum Gasteiger partial charge on any atom is -0.454 e. The van der Waals surface area contributed by atoms with E-state index in [-0.39, 0.29) is 6.61 Å². The van der Waals surface area contributed by atoms with Crippen LogP contribution < -0.4 is 14.8 Å². The minimum atomic E-state index is 0.222. The first-order valence-electron chi connectivity index (χ1n) is 5.17.